The summed E-state index contributed by atoms with van der Waals surface area (Å²) in [7, 11) is 0. The average molecular weight is 270 g/mol. The van der Waals surface area contributed by atoms with E-state index in [2.05, 4.69) is 9.68 Å². The minimum absolute atomic E-state index is 0.0496. The molecule has 0 radical (unpaired) electrons. The number of aldehydes is 1. The van der Waals surface area contributed by atoms with Crippen molar-refractivity contribution in [1.29, 1.82) is 0 Å². The normalized spacial score (nSPS) is 11.4. The molecule has 0 bridgehead atoms. The van der Waals surface area contributed by atoms with Gasteiger partial charge >= 0.3 is 0 Å². The molecule has 0 aliphatic heterocycles. The third-order valence-electron chi connectivity index (χ3n) is 2.18. The molecule has 0 heterocycles. The lowest BCUT2D eigenvalue weighted by atomic mass is 10.1. The molecule has 1 unspecified atom stereocenters. The molecule has 0 aromatic heterocycles. The van der Waals surface area contributed by atoms with Gasteiger partial charge in [-0.15, -0.1) is 20.2 Å². The van der Waals surface area contributed by atoms with Crippen molar-refractivity contribution in [1.82, 2.24) is 0 Å². The first-order valence-corrected chi connectivity index (χ1v) is 5.14. The molecule has 0 fully saturated rings. The second-order valence-electron chi connectivity index (χ2n) is 3.53. The third-order valence-corrected chi connectivity index (χ3v) is 2.18. The van der Waals surface area contributed by atoms with E-state index in [0.717, 1.165) is 0 Å². The highest BCUT2D eigenvalue weighted by Gasteiger charge is 2.16. The predicted octanol–water partition coefficient (Wildman–Crippen LogP) is 0.827. The van der Waals surface area contributed by atoms with Crippen molar-refractivity contribution in [2.45, 2.75) is 12.5 Å². The summed E-state index contributed by atoms with van der Waals surface area (Å²) in [4.78, 5) is 39.1. The van der Waals surface area contributed by atoms with Gasteiger partial charge in [0.25, 0.3) is 10.2 Å². The standard InChI is InChI=1S/C10H10N2O7/c13-6-9-3-1-8(2-4-9)5-10(19-12(16)17)7-18-11(14)15/h1-4,6,10H,5,7H2. The Labute approximate surface area is 106 Å². The van der Waals surface area contributed by atoms with E-state index in [9.17, 15) is 25.0 Å². The average Bonchev–Trinajstić information content (AvgIpc) is 2.36. The maximum absolute atomic E-state index is 10.5. The van der Waals surface area contributed by atoms with E-state index in [-0.39, 0.29) is 6.42 Å². The van der Waals surface area contributed by atoms with Gasteiger partial charge in [-0.1, -0.05) is 24.3 Å². The molecule has 102 valence electrons. The summed E-state index contributed by atoms with van der Waals surface area (Å²) in [5.74, 6) is 0. The minimum atomic E-state index is -1.09. The fraction of sp³-hybridized carbons (Fsp3) is 0.300. The first-order chi connectivity index (χ1) is 9.01. The van der Waals surface area contributed by atoms with E-state index < -0.39 is 22.9 Å². The molecule has 19 heavy (non-hydrogen) atoms. The summed E-state index contributed by atoms with van der Waals surface area (Å²) in [5.41, 5.74) is 1.08. The molecule has 0 saturated carbocycles. The van der Waals surface area contributed by atoms with E-state index in [4.69, 9.17) is 0 Å². The summed E-state index contributed by atoms with van der Waals surface area (Å²) in [6, 6.07) is 6.21. The molecule has 1 atom stereocenters. The molecule has 1 aromatic rings. The van der Waals surface area contributed by atoms with Gasteiger partial charge in [0.2, 0.25) is 0 Å². The number of carbonyl (C=O) groups is 1. The van der Waals surface area contributed by atoms with Gasteiger partial charge in [-0.05, 0) is 5.56 Å². The van der Waals surface area contributed by atoms with Gasteiger partial charge in [0.15, 0.2) is 0 Å². The minimum Gasteiger partial charge on any atom is -0.312 e. The van der Waals surface area contributed by atoms with Crippen LogP contribution in [0.5, 0.6) is 0 Å². The van der Waals surface area contributed by atoms with Crippen molar-refractivity contribution in [2.24, 2.45) is 0 Å². The Morgan fingerprint density at radius 2 is 1.79 bits per heavy atom. The Balaban J connectivity index is 2.65. The number of hydrogen-bond donors (Lipinski definition) is 0. The van der Waals surface area contributed by atoms with Gasteiger partial charge in [-0.2, -0.15) is 0 Å². The SMILES string of the molecule is O=Cc1ccc(CC(CO[N+](=O)[O-])O[N+](=O)[O-])cc1. The van der Waals surface area contributed by atoms with Crippen LogP contribution in [-0.2, 0) is 16.1 Å². The Morgan fingerprint density at radius 3 is 2.26 bits per heavy atom. The molecule has 0 amide bonds. The molecule has 0 N–H and O–H groups in total. The predicted molar refractivity (Wildman–Crippen MR) is 60.3 cm³/mol. The zero-order valence-corrected chi connectivity index (χ0v) is 9.63. The van der Waals surface area contributed by atoms with Crippen LogP contribution < -0.4 is 0 Å². The molecule has 1 rings (SSSR count). The molecule has 1 aromatic carbocycles. The lowest BCUT2D eigenvalue weighted by Crippen LogP contribution is -2.26. The fourth-order valence-corrected chi connectivity index (χ4v) is 1.39. The summed E-state index contributed by atoms with van der Waals surface area (Å²) in [5, 5.41) is 18.2. The van der Waals surface area contributed by atoms with Crippen LogP contribution in [0, 0.1) is 20.2 Å². The molecule has 9 heteroatoms. The number of rotatable bonds is 8. The number of nitrogens with zero attached hydrogens (tertiary/aromatic N) is 2. The van der Waals surface area contributed by atoms with E-state index in [1.54, 1.807) is 12.1 Å². The van der Waals surface area contributed by atoms with Crippen molar-refractivity contribution >= 4 is 6.29 Å². The summed E-state index contributed by atoms with van der Waals surface area (Å²) in [6.07, 6.45) is -0.388. The lowest BCUT2D eigenvalue weighted by molar-refractivity contribution is -0.789. The largest absolute Gasteiger partial charge is 0.312 e. The Morgan fingerprint density at radius 1 is 1.16 bits per heavy atom. The van der Waals surface area contributed by atoms with Gasteiger partial charge in [0.1, 0.15) is 19.0 Å². The summed E-state index contributed by atoms with van der Waals surface area (Å²) >= 11 is 0. The lowest BCUT2D eigenvalue weighted by Gasteiger charge is -2.13. The molecular weight excluding hydrogens is 260 g/mol. The van der Waals surface area contributed by atoms with Gasteiger partial charge in [-0.25, -0.2) is 0 Å². The topological polar surface area (TPSA) is 122 Å². The van der Waals surface area contributed by atoms with Crippen LogP contribution in [0.3, 0.4) is 0 Å². The van der Waals surface area contributed by atoms with E-state index in [1.807, 2.05) is 0 Å². The highest BCUT2D eigenvalue weighted by molar-refractivity contribution is 5.74. The highest BCUT2D eigenvalue weighted by Crippen LogP contribution is 2.08. The number of carbonyl (C=O) groups excluding carboxylic acids is 1. The van der Waals surface area contributed by atoms with E-state index >= 15 is 0 Å². The Kier molecular flexibility index (Phi) is 5.20. The van der Waals surface area contributed by atoms with Crippen molar-refractivity contribution < 1.29 is 24.6 Å². The van der Waals surface area contributed by atoms with Crippen molar-refractivity contribution in [3.8, 4) is 0 Å². The third kappa shape index (κ3) is 5.44. The number of benzene rings is 1. The highest BCUT2D eigenvalue weighted by atomic mass is 17.0. The second kappa shape index (κ2) is 6.89. The summed E-state index contributed by atoms with van der Waals surface area (Å²) < 4.78 is 0. The van der Waals surface area contributed by atoms with Crippen molar-refractivity contribution in [2.75, 3.05) is 6.61 Å². The van der Waals surface area contributed by atoms with Crippen LogP contribution >= 0.6 is 0 Å². The van der Waals surface area contributed by atoms with Gasteiger partial charge in [0.05, 0.1) is 0 Å². The monoisotopic (exact) mass is 270 g/mol. The fourth-order valence-electron chi connectivity index (χ4n) is 1.39. The Hall–Kier alpha value is -2.71. The van der Waals surface area contributed by atoms with Crippen LogP contribution in [-0.4, -0.2) is 29.2 Å². The van der Waals surface area contributed by atoms with E-state index in [1.165, 1.54) is 12.1 Å². The molecule has 0 saturated heterocycles. The maximum Gasteiger partial charge on any atom is 0.294 e. The zero-order valence-electron chi connectivity index (χ0n) is 9.63. The summed E-state index contributed by atoms with van der Waals surface area (Å²) in [6.45, 7) is -0.552. The van der Waals surface area contributed by atoms with Crippen LogP contribution in [0.15, 0.2) is 24.3 Å². The van der Waals surface area contributed by atoms with E-state index in [0.29, 0.717) is 17.4 Å². The van der Waals surface area contributed by atoms with Gasteiger partial charge in [0, 0.05) is 12.0 Å². The van der Waals surface area contributed by atoms with Crippen LogP contribution in [0.1, 0.15) is 15.9 Å². The molecule has 0 aliphatic rings. The van der Waals surface area contributed by atoms with Crippen molar-refractivity contribution in [3.63, 3.8) is 0 Å². The van der Waals surface area contributed by atoms with Crippen LogP contribution in [0.4, 0.5) is 0 Å². The quantitative estimate of drug-likeness (QED) is 0.389. The van der Waals surface area contributed by atoms with Gasteiger partial charge < -0.3 is 9.68 Å². The van der Waals surface area contributed by atoms with Crippen LogP contribution in [0.25, 0.3) is 0 Å². The molecule has 9 nitrogen and oxygen atoms in total. The second-order valence-corrected chi connectivity index (χ2v) is 3.53. The maximum atomic E-state index is 10.5. The number of hydrogen-bond acceptors (Lipinski definition) is 7. The zero-order chi connectivity index (χ0) is 14.3. The molecular formula is C10H10N2O7. The van der Waals surface area contributed by atoms with Crippen molar-refractivity contribution in [3.05, 3.63) is 55.6 Å². The molecule has 0 spiro atoms. The van der Waals surface area contributed by atoms with Crippen LogP contribution in [0.2, 0.25) is 0 Å². The van der Waals surface area contributed by atoms with Gasteiger partial charge in [-0.3, -0.25) is 4.79 Å². The first kappa shape index (κ1) is 14.4. The smallest absolute Gasteiger partial charge is 0.294 e. The molecule has 0 aliphatic carbocycles. The first-order valence-electron chi connectivity index (χ1n) is 5.14. The Bertz CT molecular complexity index is 459.